The van der Waals surface area contributed by atoms with Gasteiger partial charge in [-0.15, -0.1) is 0 Å². The van der Waals surface area contributed by atoms with E-state index in [1.807, 2.05) is 6.92 Å². The van der Waals surface area contributed by atoms with E-state index in [0.29, 0.717) is 36.9 Å². The molecule has 0 radical (unpaired) electrons. The highest BCUT2D eigenvalue weighted by molar-refractivity contribution is 7.89. The summed E-state index contributed by atoms with van der Waals surface area (Å²) in [5.74, 6) is -0.529. The number of morpholine rings is 1. The second-order valence-corrected chi connectivity index (χ2v) is 13.3. The Hall–Kier alpha value is -2.74. The molecule has 0 unspecified atom stereocenters. The van der Waals surface area contributed by atoms with Crippen LogP contribution in [0.5, 0.6) is 5.75 Å². The minimum Gasteiger partial charge on any atom is -0.488 e. The largest absolute Gasteiger partial charge is 0.488 e. The fraction of sp³-hybridized carbons (Fsp3) is 0.517. The number of nitrogens with zero attached hydrogens (tertiary/aromatic N) is 3. The van der Waals surface area contributed by atoms with Crippen molar-refractivity contribution in [1.29, 1.82) is 0 Å². The van der Waals surface area contributed by atoms with Gasteiger partial charge >= 0.3 is 0 Å². The number of rotatable bonds is 10. The van der Waals surface area contributed by atoms with Crippen LogP contribution in [0.25, 0.3) is 0 Å². The summed E-state index contributed by atoms with van der Waals surface area (Å²) in [6.07, 6.45) is -0.324. The van der Waals surface area contributed by atoms with Gasteiger partial charge in [-0.05, 0) is 49.4 Å². The van der Waals surface area contributed by atoms with Crippen LogP contribution in [0.15, 0.2) is 47.4 Å². The molecule has 2 aliphatic rings. The number of halogens is 1. The van der Waals surface area contributed by atoms with Gasteiger partial charge in [-0.3, -0.25) is 14.5 Å². The third-order valence-corrected chi connectivity index (χ3v) is 9.76. The lowest BCUT2D eigenvalue weighted by molar-refractivity contribution is -0.116. The first-order valence-electron chi connectivity index (χ1n) is 14.0. The number of nitrogens with one attached hydrogen (secondary N) is 1. The average Bonchev–Trinajstić information content (AvgIpc) is 2.98. The smallest absolute Gasteiger partial charge is 0.258 e. The van der Waals surface area contributed by atoms with Crippen molar-refractivity contribution in [2.24, 2.45) is 5.92 Å². The van der Waals surface area contributed by atoms with E-state index in [4.69, 9.17) is 21.1 Å². The number of hydrogen-bond donors (Lipinski definition) is 2. The summed E-state index contributed by atoms with van der Waals surface area (Å²) in [5.41, 5.74) is 0.670. The van der Waals surface area contributed by atoms with Crippen molar-refractivity contribution in [3.63, 3.8) is 0 Å². The Balaban J connectivity index is 1.55. The standard InChI is InChI=1S/C29H39ClN4O7S/c1-20-17-34(21(2)19-35)29(37)25-16-23(31-28(36)10-11-33-12-14-40-15-13-33)6-9-26(25)41-27(20)18-32(3)42(38,39)24-7-4-22(30)5-8-24/h4-9,16,20-21,27,35H,10-15,17-19H2,1-3H3,(H,31,36)/t20-,21-,27-/m1/s1. The zero-order valence-corrected chi connectivity index (χ0v) is 25.7. The summed E-state index contributed by atoms with van der Waals surface area (Å²) in [6, 6.07) is 10.3. The van der Waals surface area contributed by atoms with Gasteiger partial charge in [-0.25, -0.2) is 8.42 Å². The molecule has 0 aliphatic carbocycles. The number of ether oxygens (including phenoxy) is 2. The molecule has 2 aliphatic heterocycles. The van der Waals surface area contributed by atoms with Gasteiger partial charge in [0.2, 0.25) is 15.9 Å². The quantitative estimate of drug-likeness (QED) is 0.414. The molecular formula is C29H39ClN4O7S. The van der Waals surface area contributed by atoms with Crippen molar-refractivity contribution < 1.29 is 32.6 Å². The Labute approximate surface area is 252 Å². The Bertz CT molecular complexity index is 1350. The molecule has 230 valence electrons. The molecule has 0 aromatic heterocycles. The second-order valence-electron chi connectivity index (χ2n) is 10.8. The molecular weight excluding hydrogens is 584 g/mol. The molecule has 3 atom stereocenters. The van der Waals surface area contributed by atoms with Crippen LogP contribution in [0, 0.1) is 5.92 Å². The van der Waals surface area contributed by atoms with Crippen molar-refractivity contribution in [2.75, 3.05) is 64.9 Å². The number of aliphatic hydroxyl groups is 1. The van der Waals surface area contributed by atoms with Crippen LogP contribution in [0.1, 0.15) is 30.6 Å². The van der Waals surface area contributed by atoms with Gasteiger partial charge in [-0.2, -0.15) is 4.31 Å². The number of sulfonamides is 1. The van der Waals surface area contributed by atoms with Gasteiger partial charge in [-0.1, -0.05) is 18.5 Å². The molecule has 42 heavy (non-hydrogen) atoms. The molecule has 2 heterocycles. The normalized spacial score (nSPS) is 20.8. The van der Waals surface area contributed by atoms with Crippen LogP contribution < -0.4 is 10.1 Å². The third kappa shape index (κ3) is 7.80. The number of fused-ring (bicyclic) bond motifs is 1. The number of aliphatic hydroxyl groups excluding tert-OH is 1. The highest BCUT2D eigenvalue weighted by atomic mass is 35.5. The zero-order valence-electron chi connectivity index (χ0n) is 24.2. The van der Waals surface area contributed by atoms with E-state index in [1.54, 1.807) is 30.0 Å². The minimum absolute atomic E-state index is 0.0150. The van der Waals surface area contributed by atoms with Gasteiger partial charge in [0.15, 0.2) is 0 Å². The monoisotopic (exact) mass is 622 g/mol. The molecule has 0 spiro atoms. The molecule has 13 heteroatoms. The number of benzene rings is 2. The number of hydrogen-bond acceptors (Lipinski definition) is 8. The van der Waals surface area contributed by atoms with Crippen LogP contribution in [0.4, 0.5) is 5.69 Å². The predicted octanol–water partition coefficient (Wildman–Crippen LogP) is 2.54. The molecule has 1 saturated heterocycles. The lowest BCUT2D eigenvalue weighted by Crippen LogP contribution is -2.50. The molecule has 2 aromatic rings. The molecule has 0 saturated carbocycles. The summed E-state index contributed by atoms with van der Waals surface area (Å²) in [7, 11) is -2.36. The van der Waals surface area contributed by atoms with E-state index in [2.05, 4.69) is 10.2 Å². The first-order valence-corrected chi connectivity index (χ1v) is 15.9. The Morgan fingerprint density at radius 1 is 1.19 bits per heavy atom. The first-order chi connectivity index (χ1) is 20.0. The SMILES string of the molecule is C[C@@H]1CN([C@H](C)CO)C(=O)c2cc(NC(=O)CCN3CCOCC3)ccc2O[C@@H]1CN(C)S(=O)(=O)c1ccc(Cl)cc1. The maximum Gasteiger partial charge on any atom is 0.258 e. The first kappa shape index (κ1) is 32.2. The number of carbonyl (C=O) groups is 2. The minimum atomic E-state index is -3.84. The maximum atomic E-state index is 13.7. The molecule has 2 N–H and O–H groups in total. The highest BCUT2D eigenvalue weighted by Crippen LogP contribution is 2.31. The topological polar surface area (TPSA) is 129 Å². The van der Waals surface area contributed by atoms with E-state index >= 15 is 0 Å². The predicted molar refractivity (Wildman–Crippen MR) is 159 cm³/mol. The Kier molecular flexibility index (Phi) is 10.8. The number of carbonyl (C=O) groups excluding carboxylic acids is 2. The van der Waals surface area contributed by atoms with E-state index < -0.39 is 22.2 Å². The number of likely N-dealkylation sites (N-methyl/N-ethyl adjacent to an activating group) is 1. The van der Waals surface area contributed by atoms with Gasteiger partial charge < -0.3 is 24.8 Å². The van der Waals surface area contributed by atoms with Gasteiger partial charge in [0.1, 0.15) is 11.9 Å². The van der Waals surface area contributed by atoms with E-state index in [0.717, 1.165) is 13.1 Å². The van der Waals surface area contributed by atoms with Crippen LogP contribution in [0.3, 0.4) is 0 Å². The number of anilines is 1. The fourth-order valence-corrected chi connectivity index (χ4v) is 6.27. The van der Waals surface area contributed by atoms with Crippen molar-refractivity contribution in [3.05, 3.63) is 53.1 Å². The van der Waals surface area contributed by atoms with E-state index in [9.17, 15) is 23.1 Å². The molecule has 2 amide bonds. The molecule has 11 nitrogen and oxygen atoms in total. The third-order valence-electron chi connectivity index (χ3n) is 7.67. The summed E-state index contributed by atoms with van der Waals surface area (Å²) in [5, 5.41) is 13.2. The lowest BCUT2D eigenvalue weighted by Gasteiger charge is -2.38. The fourth-order valence-electron chi connectivity index (χ4n) is 4.96. The Morgan fingerprint density at radius 3 is 2.55 bits per heavy atom. The highest BCUT2D eigenvalue weighted by Gasteiger charge is 2.35. The summed E-state index contributed by atoms with van der Waals surface area (Å²) in [6.45, 7) is 7.11. The van der Waals surface area contributed by atoms with E-state index in [1.165, 1.54) is 35.6 Å². The van der Waals surface area contributed by atoms with Gasteiger partial charge in [0.25, 0.3) is 5.91 Å². The maximum absolute atomic E-state index is 13.7. The lowest BCUT2D eigenvalue weighted by atomic mass is 9.99. The second kappa shape index (κ2) is 14.2. The van der Waals surface area contributed by atoms with Crippen molar-refractivity contribution >= 4 is 39.1 Å². The Morgan fingerprint density at radius 2 is 1.88 bits per heavy atom. The van der Waals surface area contributed by atoms with Crippen molar-refractivity contribution in [1.82, 2.24) is 14.1 Å². The van der Waals surface area contributed by atoms with Gasteiger partial charge in [0, 0.05) is 56.3 Å². The van der Waals surface area contributed by atoms with Crippen LogP contribution in [0.2, 0.25) is 5.02 Å². The van der Waals surface area contributed by atoms with Crippen molar-refractivity contribution in [2.45, 2.75) is 37.3 Å². The zero-order chi connectivity index (χ0) is 30.4. The molecule has 4 rings (SSSR count). The van der Waals surface area contributed by atoms with E-state index in [-0.39, 0.29) is 53.6 Å². The molecule has 0 bridgehead atoms. The van der Waals surface area contributed by atoms with Crippen molar-refractivity contribution in [3.8, 4) is 5.75 Å². The average molecular weight is 623 g/mol. The molecule has 1 fully saturated rings. The summed E-state index contributed by atoms with van der Waals surface area (Å²) < 4.78 is 39.4. The number of amides is 2. The molecule has 2 aromatic carbocycles. The summed E-state index contributed by atoms with van der Waals surface area (Å²) >= 11 is 5.94. The van der Waals surface area contributed by atoms with Crippen LogP contribution in [-0.4, -0.2) is 111 Å². The summed E-state index contributed by atoms with van der Waals surface area (Å²) in [4.78, 5) is 30.2. The van der Waals surface area contributed by atoms with Crippen LogP contribution in [-0.2, 0) is 19.6 Å². The van der Waals surface area contributed by atoms with Gasteiger partial charge in [0.05, 0.1) is 42.9 Å². The van der Waals surface area contributed by atoms with Crippen LogP contribution >= 0.6 is 11.6 Å².